The summed E-state index contributed by atoms with van der Waals surface area (Å²) in [7, 11) is -2.02. The van der Waals surface area contributed by atoms with Crippen molar-refractivity contribution < 1.29 is 13.2 Å². The smallest absolute Gasteiger partial charge is 0.248 e. The van der Waals surface area contributed by atoms with Crippen molar-refractivity contribution in [1.29, 1.82) is 0 Å². The SMILES string of the molecule is COCCN(C1CC1)S(=O)(=O)c1cn[nH]c1N. The molecule has 3 N–H and O–H groups in total. The second kappa shape index (κ2) is 4.63. The van der Waals surface area contributed by atoms with Crippen LogP contribution in [-0.4, -0.2) is 49.2 Å². The molecule has 0 saturated heterocycles. The van der Waals surface area contributed by atoms with Crippen molar-refractivity contribution in [3.63, 3.8) is 0 Å². The zero-order valence-corrected chi connectivity index (χ0v) is 10.4. The highest BCUT2D eigenvalue weighted by atomic mass is 32.2. The minimum Gasteiger partial charge on any atom is -0.383 e. The van der Waals surface area contributed by atoms with E-state index in [1.165, 1.54) is 10.5 Å². The van der Waals surface area contributed by atoms with Gasteiger partial charge in [-0.3, -0.25) is 5.10 Å². The fourth-order valence-corrected chi connectivity index (χ4v) is 3.34. The molecule has 0 aromatic carbocycles. The molecule has 0 atom stereocenters. The molecule has 0 bridgehead atoms. The summed E-state index contributed by atoms with van der Waals surface area (Å²) < 4.78 is 31.0. The molecular formula is C9H16N4O3S. The Bertz CT molecular complexity index is 480. The molecule has 0 aliphatic heterocycles. The molecule has 1 aliphatic carbocycles. The number of aromatic nitrogens is 2. The van der Waals surface area contributed by atoms with E-state index in [0.717, 1.165) is 12.8 Å². The average Bonchev–Trinajstić information content (AvgIpc) is 3.00. The zero-order chi connectivity index (χ0) is 12.5. The van der Waals surface area contributed by atoms with Crippen LogP contribution in [0.5, 0.6) is 0 Å². The van der Waals surface area contributed by atoms with E-state index in [4.69, 9.17) is 10.5 Å². The quantitative estimate of drug-likeness (QED) is 0.737. The van der Waals surface area contributed by atoms with Crippen molar-refractivity contribution in [2.75, 3.05) is 26.0 Å². The summed E-state index contributed by atoms with van der Waals surface area (Å²) in [4.78, 5) is 0.0421. The maximum atomic E-state index is 12.3. The monoisotopic (exact) mass is 260 g/mol. The van der Waals surface area contributed by atoms with Gasteiger partial charge < -0.3 is 10.5 Å². The molecule has 0 unspecified atom stereocenters. The number of nitrogens with one attached hydrogen (secondary N) is 1. The molecule has 1 heterocycles. The fourth-order valence-electron chi connectivity index (χ4n) is 1.66. The number of hydrogen-bond acceptors (Lipinski definition) is 5. The Hall–Kier alpha value is -1.12. The first kappa shape index (κ1) is 12.3. The van der Waals surface area contributed by atoms with Gasteiger partial charge in [-0.15, -0.1) is 0 Å². The molecule has 17 heavy (non-hydrogen) atoms. The maximum Gasteiger partial charge on any atom is 0.248 e. The van der Waals surface area contributed by atoms with Crippen LogP contribution in [0.4, 0.5) is 5.82 Å². The number of nitrogens with two attached hydrogens (primary N) is 1. The first-order valence-corrected chi connectivity index (χ1v) is 6.81. The molecule has 1 aromatic heterocycles. The van der Waals surface area contributed by atoms with Gasteiger partial charge in [0.15, 0.2) is 0 Å². The predicted octanol–water partition coefficient (Wildman–Crippen LogP) is -0.209. The Morgan fingerprint density at radius 3 is 2.82 bits per heavy atom. The molecule has 96 valence electrons. The Kier molecular flexibility index (Phi) is 3.36. The highest BCUT2D eigenvalue weighted by Gasteiger charge is 2.39. The molecule has 7 nitrogen and oxygen atoms in total. The number of nitrogens with zero attached hydrogens (tertiary/aromatic N) is 2. The number of hydrogen-bond donors (Lipinski definition) is 2. The van der Waals surface area contributed by atoms with E-state index in [-0.39, 0.29) is 16.8 Å². The van der Waals surface area contributed by atoms with Crippen LogP contribution in [-0.2, 0) is 14.8 Å². The van der Waals surface area contributed by atoms with E-state index in [9.17, 15) is 8.42 Å². The Balaban J connectivity index is 2.25. The highest BCUT2D eigenvalue weighted by Crippen LogP contribution is 2.32. The minimum atomic E-state index is -3.56. The van der Waals surface area contributed by atoms with Crippen molar-refractivity contribution in [2.45, 2.75) is 23.8 Å². The van der Waals surface area contributed by atoms with Crippen molar-refractivity contribution in [3.05, 3.63) is 6.20 Å². The van der Waals surface area contributed by atoms with Crippen molar-refractivity contribution in [2.24, 2.45) is 0 Å². The van der Waals surface area contributed by atoms with Crippen LogP contribution in [0.2, 0.25) is 0 Å². The van der Waals surface area contributed by atoms with Gasteiger partial charge in [0.05, 0.1) is 12.8 Å². The summed E-state index contributed by atoms with van der Waals surface area (Å²) in [6, 6.07) is 0.0736. The van der Waals surface area contributed by atoms with Crippen LogP contribution in [0.25, 0.3) is 0 Å². The second-order valence-electron chi connectivity index (χ2n) is 3.99. The number of aromatic amines is 1. The van der Waals surface area contributed by atoms with Gasteiger partial charge in [0.25, 0.3) is 0 Å². The summed E-state index contributed by atoms with van der Waals surface area (Å²) in [5.74, 6) is 0.0769. The zero-order valence-electron chi connectivity index (χ0n) is 9.59. The third-order valence-electron chi connectivity index (χ3n) is 2.69. The van der Waals surface area contributed by atoms with Crippen LogP contribution in [0.3, 0.4) is 0 Å². The van der Waals surface area contributed by atoms with Gasteiger partial charge in [-0.2, -0.15) is 9.40 Å². The minimum absolute atomic E-state index is 0.0421. The molecule has 0 amide bonds. The van der Waals surface area contributed by atoms with E-state index in [2.05, 4.69) is 10.2 Å². The molecule has 1 saturated carbocycles. The largest absolute Gasteiger partial charge is 0.383 e. The molecule has 1 aromatic rings. The van der Waals surface area contributed by atoms with Crippen molar-refractivity contribution >= 4 is 15.8 Å². The van der Waals surface area contributed by atoms with E-state index in [1.807, 2.05) is 0 Å². The molecule has 0 radical (unpaired) electrons. The summed E-state index contributed by atoms with van der Waals surface area (Å²) in [6.07, 6.45) is 3.02. The average molecular weight is 260 g/mol. The number of ether oxygens (including phenoxy) is 1. The topological polar surface area (TPSA) is 101 Å². The van der Waals surface area contributed by atoms with E-state index < -0.39 is 10.0 Å². The predicted molar refractivity (Wildman–Crippen MR) is 61.8 cm³/mol. The van der Waals surface area contributed by atoms with Gasteiger partial charge in [0.2, 0.25) is 10.0 Å². The third kappa shape index (κ3) is 2.43. The van der Waals surface area contributed by atoms with Crippen LogP contribution in [0.15, 0.2) is 11.1 Å². The van der Waals surface area contributed by atoms with Gasteiger partial charge in [-0.05, 0) is 12.8 Å². The lowest BCUT2D eigenvalue weighted by molar-refractivity contribution is 0.177. The number of methoxy groups -OCH3 is 1. The van der Waals surface area contributed by atoms with Gasteiger partial charge in [0.1, 0.15) is 10.7 Å². The Morgan fingerprint density at radius 2 is 2.35 bits per heavy atom. The molecule has 8 heteroatoms. The molecule has 0 spiro atoms. The number of H-pyrrole nitrogens is 1. The van der Waals surface area contributed by atoms with Gasteiger partial charge in [0, 0.05) is 19.7 Å². The number of rotatable bonds is 6. The second-order valence-corrected chi connectivity index (χ2v) is 5.85. The normalized spacial score (nSPS) is 16.6. The lowest BCUT2D eigenvalue weighted by Crippen LogP contribution is -2.36. The van der Waals surface area contributed by atoms with Gasteiger partial charge in [-0.25, -0.2) is 8.42 Å². The van der Waals surface area contributed by atoms with E-state index in [0.29, 0.717) is 13.2 Å². The summed E-state index contributed by atoms with van der Waals surface area (Å²) in [6.45, 7) is 0.710. The maximum absolute atomic E-state index is 12.3. The molecule has 2 rings (SSSR count). The first-order chi connectivity index (χ1) is 8.07. The van der Waals surface area contributed by atoms with Crippen LogP contribution in [0.1, 0.15) is 12.8 Å². The Morgan fingerprint density at radius 1 is 1.65 bits per heavy atom. The van der Waals surface area contributed by atoms with Crippen molar-refractivity contribution in [3.8, 4) is 0 Å². The summed E-state index contributed by atoms with van der Waals surface area (Å²) in [5.41, 5.74) is 5.56. The number of sulfonamides is 1. The van der Waals surface area contributed by atoms with Gasteiger partial charge >= 0.3 is 0 Å². The fraction of sp³-hybridized carbons (Fsp3) is 0.667. The first-order valence-electron chi connectivity index (χ1n) is 5.37. The van der Waals surface area contributed by atoms with Crippen molar-refractivity contribution in [1.82, 2.24) is 14.5 Å². The molecule has 1 aliphatic rings. The van der Waals surface area contributed by atoms with Crippen LogP contribution >= 0.6 is 0 Å². The molecular weight excluding hydrogens is 244 g/mol. The van der Waals surface area contributed by atoms with E-state index in [1.54, 1.807) is 7.11 Å². The highest BCUT2D eigenvalue weighted by molar-refractivity contribution is 7.89. The van der Waals surface area contributed by atoms with E-state index >= 15 is 0 Å². The number of nitrogen functional groups attached to an aromatic ring is 1. The molecule has 1 fully saturated rings. The lowest BCUT2D eigenvalue weighted by atomic mass is 10.6. The number of anilines is 1. The van der Waals surface area contributed by atoms with Crippen LogP contribution < -0.4 is 5.73 Å². The Labute approximate surface area is 100.0 Å². The van der Waals surface area contributed by atoms with Crippen LogP contribution in [0, 0.1) is 0 Å². The van der Waals surface area contributed by atoms with Gasteiger partial charge in [-0.1, -0.05) is 0 Å². The summed E-state index contributed by atoms with van der Waals surface area (Å²) in [5, 5.41) is 6.08. The summed E-state index contributed by atoms with van der Waals surface area (Å²) >= 11 is 0. The standard InChI is InChI=1S/C9H16N4O3S/c1-16-5-4-13(7-2-3-7)17(14,15)8-6-11-12-9(8)10/h6-7H,2-5H2,1H3,(H3,10,11,12). The third-order valence-corrected chi connectivity index (χ3v) is 4.67. The lowest BCUT2D eigenvalue weighted by Gasteiger charge is -2.20.